The summed E-state index contributed by atoms with van der Waals surface area (Å²) in [6.07, 6.45) is 1.46. The highest BCUT2D eigenvalue weighted by atomic mass is 79.9. The number of hydrogen-bond donors (Lipinski definition) is 3. The van der Waals surface area contributed by atoms with Crippen LogP contribution < -0.4 is 26.4 Å². The smallest absolute Gasteiger partial charge is 0.269 e. The Kier molecular flexibility index (Phi) is 6.45. The van der Waals surface area contributed by atoms with E-state index in [9.17, 15) is 4.79 Å². The van der Waals surface area contributed by atoms with Gasteiger partial charge in [-0.15, -0.1) is 0 Å². The second-order valence-electron chi connectivity index (χ2n) is 7.74. The van der Waals surface area contributed by atoms with Crippen LogP contribution in [0, 0.1) is 13.8 Å². The standard InChI is InChI=1S/C23H26BrN7O/c1-15-4-3-5-19(16(15)2)30-10-12-31(13-11-30)22-20(25)21(26-14-27-22)28-29-23(32)17-6-8-18(24)9-7-17/h3-9,14H,10-13,25H2,1-2H3,(H,29,32)(H,26,27,28). The molecule has 1 amide bonds. The fourth-order valence-electron chi connectivity index (χ4n) is 3.76. The number of piperazine rings is 1. The van der Waals surface area contributed by atoms with E-state index in [0.29, 0.717) is 22.9 Å². The normalized spacial score (nSPS) is 13.7. The number of nitrogens with one attached hydrogen (secondary N) is 2. The Labute approximate surface area is 195 Å². The first-order chi connectivity index (χ1) is 15.4. The molecule has 2 heterocycles. The van der Waals surface area contributed by atoms with Gasteiger partial charge in [-0.2, -0.15) is 0 Å². The van der Waals surface area contributed by atoms with Crippen molar-refractivity contribution < 1.29 is 4.79 Å². The molecule has 0 aliphatic carbocycles. The van der Waals surface area contributed by atoms with E-state index in [1.165, 1.54) is 23.1 Å². The van der Waals surface area contributed by atoms with Gasteiger partial charge in [-0.3, -0.25) is 15.6 Å². The van der Waals surface area contributed by atoms with Crippen molar-refractivity contribution in [1.82, 2.24) is 15.4 Å². The number of rotatable bonds is 5. The molecule has 32 heavy (non-hydrogen) atoms. The number of carbonyl (C=O) groups is 1. The van der Waals surface area contributed by atoms with Crippen molar-refractivity contribution in [3.8, 4) is 0 Å². The van der Waals surface area contributed by atoms with Crippen molar-refractivity contribution in [1.29, 1.82) is 0 Å². The number of aryl methyl sites for hydroxylation is 1. The van der Waals surface area contributed by atoms with Gasteiger partial charge in [0.15, 0.2) is 11.6 Å². The van der Waals surface area contributed by atoms with Crippen LogP contribution in [0.25, 0.3) is 0 Å². The molecule has 9 heteroatoms. The lowest BCUT2D eigenvalue weighted by atomic mass is 10.1. The molecule has 1 aromatic heterocycles. The molecule has 1 aliphatic rings. The first-order valence-corrected chi connectivity index (χ1v) is 11.2. The summed E-state index contributed by atoms with van der Waals surface area (Å²) in [5.74, 6) is 0.762. The quantitative estimate of drug-likeness (QED) is 0.465. The second kappa shape index (κ2) is 9.44. The van der Waals surface area contributed by atoms with Gasteiger partial charge >= 0.3 is 0 Å². The number of hydrogen-bond acceptors (Lipinski definition) is 7. The molecule has 1 fully saturated rings. The number of nitrogens with zero attached hydrogens (tertiary/aromatic N) is 4. The maximum atomic E-state index is 12.4. The summed E-state index contributed by atoms with van der Waals surface area (Å²) in [4.78, 5) is 25.5. The molecule has 1 saturated heterocycles. The maximum Gasteiger partial charge on any atom is 0.269 e. The van der Waals surface area contributed by atoms with Gasteiger partial charge in [-0.05, 0) is 55.3 Å². The number of aromatic nitrogens is 2. The molecule has 4 rings (SSSR count). The van der Waals surface area contributed by atoms with Gasteiger partial charge in [-0.1, -0.05) is 28.1 Å². The Morgan fingerprint density at radius 1 is 1.00 bits per heavy atom. The van der Waals surface area contributed by atoms with Gasteiger partial charge in [-0.25, -0.2) is 9.97 Å². The molecular formula is C23H26BrN7O. The van der Waals surface area contributed by atoms with Crippen molar-refractivity contribution in [3.63, 3.8) is 0 Å². The number of anilines is 4. The van der Waals surface area contributed by atoms with Crippen molar-refractivity contribution in [2.75, 3.05) is 47.1 Å². The van der Waals surface area contributed by atoms with Crippen molar-refractivity contribution in [2.45, 2.75) is 13.8 Å². The summed E-state index contributed by atoms with van der Waals surface area (Å²) < 4.78 is 0.907. The third-order valence-electron chi connectivity index (χ3n) is 5.76. The van der Waals surface area contributed by atoms with E-state index in [4.69, 9.17) is 5.73 Å². The number of halogens is 1. The summed E-state index contributed by atoms with van der Waals surface area (Å²) in [7, 11) is 0. The summed E-state index contributed by atoms with van der Waals surface area (Å²) in [5.41, 5.74) is 16.6. The number of hydrazine groups is 1. The van der Waals surface area contributed by atoms with E-state index < -0.39 is 0 Å². The first-order valence-electron chi connectivity index (χ1n) is 10.4. The predicted molar refractivity (Wildman–Crippen MR) is 132 cm³/mol. The number of amides is 1. The van der Waals surface area contributed by atoms with E-state index >= 15 is 0 Å². The highest BCUT2D eigenvalue weighted by molar-refractivity contribution is 9.10. The zero-order valence-corrected chi connectivity index (χ0v) is 19.7. The summed E-state index contributed by atoms with van der Waals surface area (Å²) >= 11 is 3.36. The largest absolute Gasteiger partial charge is 0.393 e. The van der Waals surface area contributed by atoms with Gasteiger partial charge < -0.3 is 15.5 Å². The highest BCUT2D eigenvalue weighted by Gasteiger charge is 2.22. The van der Waals surface area contributed by atoms with Crippen molar-refractivity contribution in [2.24, 2.45) is 0 Å². The number of nitrogens with two attached hydrogens (primary N) is 1. The SMILES string of the molecule is Cc1cccc(N2CCN(c3ncnc(NNC(=O)c4ccc(Br)cc4)c3N)CC2)c1C. The number of carbonyl (C=O) groups excluding carboxylic acids is 1. The monoisotopic (exact) mass is 495 g/mol. The lowest BCUT2D eigenvalue weighted by molar-refractivity contribution is 0.0962. The fourth-order valence-corrected chi connectivity index (χ4v) is 4.03. The molecular weight excluding hydrogens is 470 g/mol. The maximum absolute atomic E-state index is 12.4. The van der Waals surface area contributed by atoms with Crippen LogP contribution in [0.3, 0.4) is 0 Å². The summed E-state index contributed by atoms with van der Waals surface area (Å²) in [6.45, 7) is 7.63. The van der Waals surface area contributed by atoms with E-state index in [0.717, 1.165) is 30.7 Å². The van der Waals surface area contributed by atoms with Gasteiger partial charge in [0.05, 0.1) is 0 Å². The zero-order chi connectivity index (χ0) is 22.7. The van der Waals surface area contributed by atoms with Crippen LogP contribution in [0.15, 0.2) is 53.3 Å². The average molecular weight is 496 g/mol. The molecule has 8 nitrogen and oxygen atoms in total. The van der Waals surface area contributed by atoms with E-state index in [1.54, 1.807) is 12.1 Å². The molecule has 0 spiro atoms. The second-order valence-corrected chi connectivity index (χ2v) is 8.65. The topological polar surface area (TPSA) is 99.4 Å². The molecule has 166 valence electrons. The van der Waals surface area contributed by atoms with Crippen LogP contribution in [-0.4, -0.2) is 42.1 Å². The summed E-state index contributed by atoms with van der Waals surface area (Å²) in [6, 6.07) is 13.5. The molecule has 3 aromatic rings. The van der Waals surface area contributed by atoms with Crippen LogP contribution >= 0.6 is 15.9 Å². The molecule has 4 N–H and O–H groups in total. The molecule has 0 saturated carbocycles. The molecule has 2 aromatic carbocycles. The number of benzene rings is 2. The molecule has 1 aliphatic heterocycles. The average Bonchev–Trinajstić information content (AvgIpc) is 2.81. The van der Waals surface area contributed by atoms with Crippen LogP contribution in [0.4, 0.5) is 23.0 Å². The van der Waals surface area contributed by atoms with Crippen LogP contribution in [0.2, 0.25) is 0 Å². The third kappa shape index (κ3) is 4.62. The summed E-state index contributed by atoms with van der Waals surface area (Å²) in [5, 5.41) is 0. The lowest BCUT2D eigenvalue weighted by Crippen LogP contribution is -2.47. The van der Waals surface area contributed by atoms with Gasteiger partial charge in [0.1, 0.15) is 12.0 Å². The van der Waals surface area contributed by atoms with Gasteiger partial charge in [0.2, 0.25) is 0 Å². The Hall–Kier alpha value is -3.33. The van der Waals surface area contributed by atoms with E-state index in [2.05, 4.69) is 78.6 Å². The molecule has 0 atom stereocenters. The minimum atomic E-state index is -0.279. The van der Waals surface area contributed by atoms with Crippen LogP contribution in [0.5, 0.6) is 0 Å². The van der Waals surface area contributed by atoms with E-state index in [-0.39, 0.29) is 5.91 Å². The minimum absolute atomic E-state index is 0.279. The Balaban J connectivity index is 1.41. The predicted octanol–water partition coefficient (Wildman–Crippen LogP) is 3.52. The van der Waals surface area contributed by atoms with E-state index in [1.807, 2.05) is 12.1 Å². The molecule has 0 unspecified atom stereocenters. The molecule has 0 radical (unpaired) electrons. The molecule has 0 bridgehead atoms. The fraction of sp³-hybridized carbons (Fsp3) is 0.261. The van der Waals surface area contributed by atoms with Crippen molar-refractivity contribution in [3.05, 3.63) is 70.0 Å². The third-order valence-corrected chi connectivity index (χ3v) is 6.29. The van der Waals surface area contributed by atoms with Crippen LogP contribution in [0.1, 0.15) is 21.5 Å². The number of nitrogen functional groups attached to an aromatic ring is 1. The highest BCUT2D eigenvalue weighted by Crippen LogP contribution is 2.29. The zero-order valence-electron chi connectivity index (χ0n) is 18.1. The Morgan fingerprint density at radius 3 is 2.41 bits per heavy atom. The Morgan fingerprint density at radius 2 is 1.69 bits per heavy atom. The minimum Gasteiger partial charge on any atom is -0.393 e. The Bertz CT molecular complexity index is 1110. The van der Waals surface area contributed by atoms with Crippen molar-refractivity contribution >= 4 is 44.8 Å². The van der Waals surface area contributed by atoms with Crippen LogP contribution in [-0.2, 0) is 0 Å². The van der Waals surface area contributed by atoms with Gasteiger partial charge in [0.25, 0.3) is 5.91 Å². The lowest BCUT2D eigenvalue weighted by Gasteiger charge is -2.38. The van der Waals surface area contributed by atoms with Gasteiger partial charge in [0, 0.05) is 41.9 Å². The first kappa shape index (κ1) is 21.9.